The lowest BCUT2D eigenvalue weighted by atomic mass is 9.50. The number of carboxylic acid groups (broad SMARTS) is 1. The van der Waals surface area contributed by atoms with Crippen LogP contribution >= 0.6 is 12.4 Å². The van der Waals surface area contributed by atoms with Crippen LogP contribution in [-0.4, -0.2) is 105 Å². The highest BCUT2D eigenvalue weighted by molar-refractivity contribution is 5.90. The summed E-state index contributed by atoms with van der Waals surface area (Å²) < 4.78 is 17.5. The molecule has 1 aromatic rings. The lowest BCUT2D eigenvalue weighted by molar-refractivity contribution is -0.176. The van der Waals surface area contributed by atoms with Crippen molar-refractivity contribution < 1.29 is 58.6 Å². The number of rotatable bonds is 12. The molecule has 5 rings (SSSR count). The number of Topliss-reactive ketones (excluding diaryl/α,β-unsaturated/α-hetero) is 1. The van der Waals surface area contributed by atoms with Crippen LogP contribution in [0.5, 0.6) is 5.75 Å². The Morgan fingerprint density at radius 1 is 1.20 bits per heavy atom. The summed E-state index contributed by atoms with van der Waals surface area (Å²) in [6.45, 7) is 2.71. The fourth-order valence-corrected chi connectivity index (χ4v) is 7.22. The van der Waals surface area contributed by atoms with E-state index in [1.54, 1.807) is 12.1 Å². The Hall–Kier alpha value is -3.56. The summed E-state index contributed by atoms with van der Waals surface area (Å²) in [4.78, 5) is 63.1. The Bertz CT molecular complexity index is 1460. The first-order valence-corrected chi connectivity index (χ1v) is 14.9. The number of carboxylic acids is 1. The molecule has 0 aromatic heterocycles. The second kappa shape index (κ2) is 13.3. The number of ether oxygens (including phenoxy) is 3. The zero-order chi connectivity index (χ0) is 32.8. The van der Waals surface area contributed by atoms with Crippen molar-refractivity contribution in [2.75, 3.05) is 13.6 Å². The van der Waals surface area contributed by atoms with Crippen molar-refractivity contribution in [2.45, 2.75) is 100 Å². The minimum atomic E-state index is -1.60. The van der Waals surface area contributed by atoms with Crippen molar-refractivity contribution in [2.24, 2.45) is 0 Å². The van der Waals surface area contributed by atoms with Gasteiger partial charge >= 0.3 is 17.9 Å². The maximum Gasteiger partial charge on any atom is 0.352 e. The molecule has 0 saturated carbocycles. The number of hydrogen-bond acceptors (Lipinski definition) is 12. The van der Waals surface area contributed by atoms with Crippen molar-refractivity contribution >= 4 is 42.0 Å². The fourth-order valence-electron chi connectivity index (χ4n) is 7.22. The number of amides is 1. The van der Waals surface area contributed by atoms with Gasteiger partial charge in [-0.1, -0.05) is 12.1 Å². The topological polar surface area (TPSA) is 209 Å². The van der Waals surface area contributed by atoms with Gasteiger partial charge in [0.05, 0.1) is 24.0 Å². The largest absolute Gasteiger partial charge is 0.481 e. The minimum Gasteiger partial charge on any atom is -0.481 e. The number of aliphatic hydroxyl groups is 3. The average molecular weight is 667 g/mol. The molecule has 15 heteroatoms. The van der Waals surface area contributed by atoms with Gasteiger partial charge in [0, 0.05) is 30.0 Å². The van der Waals surface area contributed by atoms with Crippen LogP contribution in [0.3, 0.4) is 0 Å². The molecule has 7 atom stereocenters. The van der Waals surface area contributed by atoms with Gasteiger partial charge in [0.1, 0.15) is 23.7 Å². The second-order valence-electron chi connectivity index (χ2n) is 12.3. The quantitative estimate of drug-likeness (QED) is 0.187. The normalized spacial score (nSPS) is 27.4. The number of hydrogen-bond donors (Lipinski definition) is 5. The minimum absolute atomic E-state index is 0. The van der Waals surface area contributed by atoms with Crippen molar-refractivity contribution in [3.63, 3.8) is 0 Å². The number of carbonyl (C=O) groups is 5. The lowest BCUT2D eigenvalue weighted by Gasteiger charge is -2.61. The van der Waals surface area contributed by atoms with Gasteiger partial charge in [0.15, 0.2) is 18.0 Å². The molecule has 1 saturated heterocycles. The number of aliphatic hydroxyl groups excluding tert-OH is 2. The number of esters is 2. The SMILES string of the molecule is CC(=O)[C@@H](O)CC(=O)N[C@@H](CCC(=O)O)C(=O)O[C@@H](C)C(=O)OC1=CC[C@@]2(O)[C@H]3Cc4ccc(CO)c5c4[C@@]2(CCN3C)[C@H]1O5.Cl. The summed E-state index contributed by atoms with van der Waals surface area (Å²) >= 11 is 0. The highest BCUT2D eigenvalue weighted by Crippen LogP contribution is 2.64. The van der Waals surface area contributed by atoms with Crippen molar-refractivity contribution in [1.29, 1.82) is 0 Å². The number of piperidine rings is 1. The number of likely N-dealkylation sites (N-methyl/N-ethyl adjacent to an activating group) is 1. The number of benzene rings is 1. The number of aliphatic carboxylic acids is 1. The Kier molecular flexibility index (Phi) is 10.2. The van der Waals surface area contributed by atoms with Crippen LogP contribution in [0.15, 0.2) is 24.0 Å². The molecule has 1 fully saturated rings. The highest BCUT2D eigenvalue weighted by Gasteiger charge is 2.72. The Morgan fingerprint density at radius 2 is 1.91 bits per heavy atom. The second-order valence-corrected chi connectivity index (χ2v) is 12.3. The van der Waals surface area contributed by atoms with Gasteiger partial charge in [-0.2, -0.15) is 0 Å². The maximum atomic E-state index is 13.3. The number of halogens is 1. The number of likely N-dealkylation sites (tertiary alicyclic amines) is 1. The van der Waals surface area contributed by atoms with Crippen LogP contribution in [0, 0.1) is 0 Å². The smallest absolute Gasteiger partial charge is 0.352 e. The molecular weight excluding hydrogens is 628 g/mol. The number of ketones is 1. The summed E-state index contributed by atoms with van der Waals surface area (Å²) in [6, 6.07) is 2.03. The molecule has 1 aromatic carbocycles. The van der Waals surface area contributed by atoms with Crippen LogP contribution < -0.4 is 10.1 Å². The molecule has 2 heterocycles. The van der Waals surface area contributed by atoms with E-state index in [-0.39, 0.29) is 43.7 Å². The molecule has 2 bridgehead atoms. The molecule has 252 valence electrons. The van der Waals surface area contributed by atoms with E-state index in [9.17, 15) is 39.3 Å². The zero-order valence-corrected chi connectivity index (χ0v) is 26.5. The van der Waals surface area contributed by atoms with E-state index >= 15 is 0 Å². The molecule has 4 aliphatic rings. The van der Waals surface area contributed by atoms with Crippen molar-refractivity contribution in [1.82, 2.24) is 10.2 Å². The first-order valence-electron chi connectivity index (χ1n) is 14.9. The molecule has 2 aliphatic carbocycles. The predicted molar refractivity (Wildman–Crippen MR) is 160 cm³/mol. The number of nitrogens with one attached hydrogen (secondary N) is 1. The molecule has 0 unspecified atom stereocenters. The lowest BCUT2D eigenvalue weighted by Crippen LogP contribution is -2.74. The first kappa shape index (κ1) is 35.3. The van der Waals surface area contributed by atoms with E-state index in [2.05, 4.69) is 10.2 Å². The van der Waals surface area contributed by atoms with Gasteiger partial charge in [-0.15, -0.1) is 12.4 Å². The van der Waals surface area contributed by atoms with Crippen LogP contribution in [0.1, 0.15) is 62.6 Å². The summed E-state index contributed by atoms with van der Waals surface area (Å²) in [5, 5.41) is 43.4. The third kappa shape index (κ3) is 5.88. The Morgan fingerprint density at radius 3 is 2.57 bits per heavy atom. The van der Waals surface area contributed by atoms with E-state index in [0.29, 0.717) is 30.7 Å². The summed E-state index contributed by atoms with van der Waals surface area (Å²) in [5.41, 5.74) is 0.177. The van der Waals surface area contributed by atoms with Crippen molar-refractivity contribution in [3.8, 4) is 5.75 Å². The Balaban J connectivity index is 0.00000480. The van der Waals surface area contributed by atoms with Crippen molar-refractivity contribution in [3.05, 3.63) is 40.7 Å². The van der Waals surface area contributed by atoms with E-state index < -0.39 is 77.8 Å². The standard InChI is InChI=1S/C31H38N2O12.ClH/c1-15(35)20(36)13-23(37)32-19(6-7-24(38)39)29(41)43-16(2)28(40)44-21-8-9-31(42)22-12-17-4-5-18(14-34)26-25(17)30(31,27(21)45-26)10-11-33(22)3;/h4-5,8,16,19-20,22,27,34,36,42H,6-7,9-14H2,1-3H3,(H,32,37)(H,38,39);1H/t16-,19-,20-,22+,27-,30-,31+;/m0./s1. The van der Waals surface area contributed by atoms with Crippen LogP contribution in [0.2, 0.25) is 0 Å². The first-order chi connectivity index (χ1) is 21.2. The molecule has 1 amide bonds. The van der Waals surface area contributed by atoms with Gasteiger partial charge in [0.25, 0.3) is 0 Å². The van der Waals surface area contributed by atoms with Crippen LogP contribution in [0.4, 0.5) is 0 Å². The van der Waals surface area contributed by atoms with Gasteiger partial charge < -0.3 is 44.9 Å². The molecule has 46 heavy (non-hydrogen) atoms. The Labute approximate surface area is 271 Å². The predicted octanol–water partition coefficient (Wildman–Crippen LogP) is 0.0429. The maximum absolute atomic E-state index is 13.3. The third-order valence-electron chi connectivity index (χ3n) is 9.58. The zero-order valence-electron chi connectivity index (χ0n) is 25.7. The fraction of sp³-hybridized carbons (Fsp3) is 0.581. The molecule has 2 aliphatic heterocycles. The van der Waals surface area contributed by atoms with Gasteiger partial charge in [0.2, 0.25) is 5.91 Å². The van der Waals surface area contributed by atoms with Crippen LogP contribution in [0.25, 0.3) is 0 Å². The molecular formula is C31H39ClN2O12. The third-order valence-corrected chi connectivity index (χ3v) is 9.58. The van der Waals surface area contributed by atoms with Gasteiger partial charge in [-0.05, 0) is 58.3 Å². The number of carbonyl (C=O) groups excluding carboxylic acids is 4. The van der Waals surface area contributed by atoms with E-state index in [4.69, 9.17) is 19.3 Å². The molecule has 14 nitrogen and oxygen atoms in total. The van der Waals surface area contributed by atoms with Gasteiger partial charge in [-0.3, -0.25) is 14.4 Å². The highest BCUT2D eigenvalue weighted by atomic mass is 35.5. The summed E-state index contributed by atoms with van der Waals surface area (Å²) in [6.07, 6.45) is -2.67. The summed E-state index contributed by atoms with van der Waals surface area (Å²) in [5.74, 6) is -4.26. The van der Waals surface area contributed by atoms with E-state index in [1.807, 2.05) is 13.1 Å². The summed E-state index contributed by atoms with van der Waals surface area (Å²) in [7, 11) is 1.96. The van der Waals surface area contributed by atoms with Gasteiger partial charge in [-0.25, -0.2) is 9.59 Å². The van der Waals surface area contributed by atoms with Crippen LogP contribution in [-0.2, 0) is 51.9 Å². The monoisotopic (exact) mass is 666 g/mol. The number of nitrogens with zero attached hydrogens (tertiary/aromatic N) is 1. The van der Waals surface area contributed by atoms with E-state index in [0.717, 1.165) is 18.1 Å². The molecule has 1 spiro atoms. The average Bonchev–Trinajstić information content (AvgIpc) is 3.34. The molecule has 5 N–H and O–H groups in total. The molecule has 0 radical (unpaired) electrons. The van der Waals surface area contributed by atoms with E-state index in [1.165, 1.54) is 6.92 Å².